The fourth-order valence-electron chi connectivity index (χ4n) is 7.06. The van der Waals surface area contributed by atoms with Crippen molar-refractivity contribution in [3.8, 4) is 28.0 Å². The van der Waals surface area contributed by atoms with E-state index in [0.717, 1.165) is 56.6 Å². The summed E-state index contributed by atoms with van der Waals surface area (Å²) in [5.74, 6) is -28.6. The summed E-state index contributed by atoms with van der Waals surface area (Å²) >= 11 is 0. The van der Waals surface area contributed by atoms with Gasteiger partial charge in [-0.1, -0.05) is 97.1 Å². The van der Waals surface area contributed by atoms with Crippen LogP contribution in [0.3, 0.4) is 0 Å². The minimum atomic E-state index is -7.57. The van der Waals surface area contributed by atoms with Gasteiger partial charge in [0.05, 0.1) is 5.69 Å². The predicted molar refractivity (Wildman–Crippen MR) is 195 cm³/mol. The number of fused-ring (bicyclic) bond motifs is 6. The minimum absolute atomic E-state index is 0.223. The maximum Gasteiger partial charge on any atom is 0.460 e. The van der Waals surface area contributed by atoms with Crippen LogP contribution < -0.4 is 15.4 Å². The third kappa shape index (κ3) is 7.34. The van der Waals surface area contributed by atoms with Crippen molar-refractivity contribution in [3.05, 3.63) is 149 Å². The van der Waals surface area contributed by atoms with Crippen LogP contribution in [0.15, 0.2) is 127 Å². The minimum Gasteiger partial charge on any atom is -0.448 e. The van der Waals surface area contributed by atoms with E-state index in [9.17, 15) is 57.9 Å². The summed E-state index contributed by atoms with van der Waals surface area (Å²) in [4.78, 5) is 26.0. The van der Waals surface area contributed by atoms with Crippen LogP contribution in [-0.2, 0) is 9.47 Å². The summed E-state index contributed by atoms with van der Waals surface area (Å²) in [6, 6.07) is 28.0. The van der Waals surface area contributed by atoms with Crippen molar-refractivity contribution in [1.82, 2.24) is 0 Å². The highest BCUT2D eigenvalue weighted by atomic mass is 19.4. The van der Waals surface area contributed by atoms with Gasteiger partial charge in [-0.25, -0.2) is 9.59 Å². The first-order valence-electron chi connectivity index (χ1n) is 17.6. The Kier molecular flexibility index (Phi) is 10.8. The Labute approximate surface area is 332 Å². The summed E-state index contributed by atoms with van der Waals surface area (Å²) in [7, 11) is 0. The number of anilines is 2. The van der Waals surface area contributed by atoms with Gasteiger partial charge in [-0.05, 0) is 56.6 Å². The van der Waals surface area contributed by atoms with E-state index < -0.39 is 76.9 Å². The molecule has 60 heavy (non-hydrogen) atoms. The third-order valence-corrected chi connectivity index (χ3v) is 9.94. The molecule has 0 aliphatic heterocycles. The van der Waals surface area contributed by atoms with Gasteiger partial charge in [0.25, 0.3) is 0 Å². The van der Waals surface area contributed by atoms with Gasteiger partial charge in [0, 0.05) is 23.6 Å². The van der Waals surface area contributed by atoms with Crippen LogP contribution in [-0.4, -0.2) is 49.3 Å². The van der Waals surface area contributed by atoms with Gasteiger partial charge in [0.1, 0.15) is 13.2 Å². The molecule has 0 bridgehead atoms. The van der Waals surface area contributed by atoms with Gasteiger partial charge in [-0.3, -0.25) is 10.6 Å². The second kappa shape index (κ2) is 15.5. The number of nitrogens with one attached hydrogen (secondary N) is 2. The van der Waals surface area contributed by atoms with E-state index in [1.807, 2.05) is 48.5 Å². The quantitative estimate of drug-likeness (QED) is 0.102. The van der Waals surface area contributed by atoms with Gasteiger partial charge in [0.15, 0.2) is 5.75 Å². The molecule has 5 aromatic carbocycles. The molecule has 2 aliphatic rings. The molecule has 5 aromatic rings. The molecule has 0 aromatic heterocycles. The van der Waals surface area contributed by atoms with Crippen LogP contribution in [0.2, 0.25) is 0 Å². The normalized spacial score (nSPS) is 14.3. The molecule has 0 atom stereocenters. The van der Waals surface area contributed by atoms with Crippen LogP contribution in [0.4, 0.5) is 69.3 Å². The van der Waals surface area contributed by atoms with Crippen LogP contribution in [0.1, 0.15) is 34.1 Å². The lowest BCUT2D eigenvalue weighted by molar-refractivity contribution is -0.392. The zero-order valence-corrected chi connectivity index (χ0v) is 30.2. The molecule has 7 rings (SSSR count). The van der Waals surface area contributed by atoms with Gasteiger partial charge < -0.3 is 14.2 Å². The van der Waals surface area contributed by atoms with Crippen molar-refractivity contribution >= 4 is 23.6 Å². The van der Waals surface area contributed by atoms with E-state index in [-0.39, 0.29) is 13.2 Å². The average molecular weight is 849 g/mol. The zero-order chi connectivity index (χ0) is 43.2. The first-order valence-corrected chi connectivity index (χ1v) is 17.6. The standard InChI is InChI=1S/C42H27F11N2O5/c43-35(39(45,46)40(47,48)41(49,50)42(51,52)53)36(44)60-34-19-22(54-37(56)58-20-31-27-13-5-1-9-23(27)24-10-2-6-14-28(24)31)17-18-33(34)55-38(57)59-21-32-29-15-7-3-11-25(29)26-12-4-8-16-30(26)32/h1-19,31-32H,20-21H2,(H,54,56)(H,55,57). The van der Waals surface area contributed by atoms with E-state index in [1.54, 1.807) is 48.5 Å². The first kappa shape index (κ1) is 41.6. The molecule has 0 fully saturated rings. The van der Waals surface area contributed by atoms with Crippen molar-refractivity contribution < 1.29 is 72.1 Å². The van der Waals surface area contributed by atoms with Crippen molar-refractivity contribution in [2.75, 3.05) is 23.8 Å². The number of rotatable bonds is 11. The molecule has 18 heteroatoms. The highest BCUT2D eigenvalue weighted by molar-refractivity contribution is 5.90. The smallest absolute Gasteiger partial charge is 0.448 e. The molecule has 0 unspecified atom stereocenters. The van der Waals surface area contributed by atoms with Crippen LogP contribution in [0.25, 0.3) is 22.3 Å². The number of halogens is 11. The second-order valence-electron chi connectivity index (χ2n) is 13.5. The van der Waals surface area contributed by atoms with Crippen LogP contribution in [0, 0.1) is 0 Å². The van der Waals surface area contributed by atoms with E-state index in [4.69, 9.17) is 9.47 Å². The lowest BCUT2D eigenvalue weighted by atomic mass is 9.98. The molecule has 0 heterocycles. The van der Waals surface area contributed by atoms with E-state index in [0.29, 0.717) is 6.07 Å². The number of amides is 2. The molecule has 7 nitrogen and oxygen atoms in total. The first-order chi connectivity index (χ1) is 28.3. The monoisotopic (exact) mass is 848 g/mol. The third-order valence-electron chi connectivity index (χ3n) is 9.94. The highest BCUT2D eigenvalue weighted by Gasteiger charge is 2.83. The summed E-state index contributed by atoms with van der Waals surface area (Å²) in [6.07, 6.45) is -9.80. The maximum absolute atomic E-state index is 15.0. The Bertz CT molecular complexity index is 2420. The summed E-state index contributed by atoms with van der Waals surface area (Å²) in [5.41, 5.74) is 5.57. The van der Waals surface area contributed by atoms with Crippen LogP contribution in [0.5, 0.6) is 5.75 Å². The number of allylic oxidation sites excluding steroid dienone is 1. The second-order valence-corrected chi connectivity index (χ2v) is 13.5. The molecule has 2 aliphatic carbocycles. The predicted octanol–water partition coefficient (Wildman–Crippen LogP) is 12.4. The Hall–Kier alpha value is -6.59. The average Bonchev–Trinajstić information content (AvgIpc) is 3.71. The molecule has 0 radical (unpaired) electrons. The Morgan fingerprint density at radius 2 is 0.933 bits per heavy atom. The van der Waals surface area contributed by atoms with Crippen molar-refractivity contribution in [2.45, 2.75) is 35.8 Å². The Balaban J connectivity index is 1.13. The molecule has 312 valence electrons. The molecule has 0 spiro atoms. The highest BCUT2D eigenvalue weighted by Crippen LogP contribution is 2.56. The number of carbonyl (C=O) groups excluding carboxylic acids is 2. The molecular formula is C42H27F11N2O5. The van der Waals surface area contributed by atoms with Gasteiger partial charge in [0.2, 0.25) is 5.83 Å². The summed E-state index contributed by atoms with van der Waals surface area (Å²) < 4.78 is 166. The number of benzene rings is 5. The Morgan fingerprint density at radius 1 is 0.533 bits per heavy atom. The molecule has 2 N–H and O–H groups in total. The SMILES string of the molecule is O=C(Nc1ccc(NC(=O)OCC2c3ccccc3-c3ccccc32)c(OC(F)=C(F)C(F)(F)C(F)(F)C(F)(F)C(F)(F)F)c1)OCC1c2ccccc2-c2ccccc21. The zero-order valence-electron chi connectivity index (χ0n) is 30.2. The van der Waals surface area contributed by atoms with E-state index in [2.05, 4.69) is 15.4 Å². The van der Waals surface area contributed by atoms with Crippen molar-refractivity contribution in [3.63, 3.8) is 0 Å². The molecule has 0 saturated heterocycles. The van der Waals surface area contributed by atoms with Gasteiger partial charge in [-0.2, -0.15) is 48.3 Å². The number of hydrogen-bond donors (Lipinski definition) is 2. The number of hydrogen-bond acceptors (Lipinski definition) is 5. The van der Waals surface area contributed by atoms with Crippen molar-refractivity contribution in [2.24, 2.45) is 0 Å². The topological polar surface area (TPSA) is 85.9 Å². The van der Waals surface area contributed by atoms with Crippen LogP contribution >= 0.6 is 0 Å². The lowest BCUT2D eigenvalue weighted by Crippen LogP contribution is -2.61. The fraction of sp³-hybridized carbons (Fsp3) is 0.190. The maximum atomic E-state index is 15.0. The van der Waals surface area contributed by atoms with E-state index >= 15 is 0 Å². The molecule has 2 amide bonds. The number of ether oxygens (including phenoxy) is 3. The van der Waals surface area contributed by atoms with Crippen molar-refractivity contribution in [1.29, 1.82) is 0 Å². The molecular weight excluding hydrogens is 821 g/mol. The number of alkyl halides is 9. The fourth-order valence-corrected chi connectivity index (χ4v) is 7.06. The summed E-state index contributed by atoms with van der Waals surface area (Å²) in [6.45, 7) is -0.534. The van der Waals surface area contributed by atoms with Gasteiger partial charge >= 0.3 is 42.1 Å². The molecule has 0 saturated carbocycles. The summed E-state index contributed by atoms with van der Waals surface area (Å²) in [5, 5.41) is 4.25. The lowest BCUT2D eigenvalue weighted by Gasteiger charge is -2.32. The number of carbonyl (C=O) groups is 2. The van der Waals surface area contributed by atoms with E-state index in [1.165, 1.54) is 0 Å². The van der Waals surface area contributed by atoms with Gasteiger partial charge in [-0.15, -0.1) is 0 Å². The Morgan fingerprint density at radius 3 is 1.35 bits per heavy atom. The largest absolute Gasteiger partial charge is 0.460 e.